The third-order valence-electron chi connectivity index (χ3n) is 11.4. The summed E-state index contributed by atoms with van der Waals surface area (Å²) in [5.74, 6) is -2.74. The second-order valence-corrected chi connectivity index (χ2v) is 17.1. The molecule has 0 aliphatic rings. The molecule has 12 nitrogen and oxygen atoms in total. The zero-order valence-electron chi connectivity index (χ0n) is 41.4. The zero-order valence-corrected chi connectivity index (χ0v) is 41.4. The number of ether oxygens (including phenoxy) is 8. The van der Waals surface area contributed by atoms with Crippen LogP contribution in [-0.2, 0) is 77.8 Å². The Bertz CT molecular complexity index is 2950. The largest absolute Gasteiger partial charge is 0.485 e. The molecule has 8 aromatic rings. The molecule has 8 rings (SSSR count). The molecule has 0 unspecified atom stereocenters. The molecule has 0 bridgehead atoms. The molecule has 0 saturated heterocycles. The lowest BCUT2D eigenvalue weighted by molar-refractivity contribution is -0.189. The van der Waals surface area contributed by atoms with Crippen LogP contribution in [0.1, 0.15) is 44.5 Å². The lowest BCUT2D eigenvalue weighted by Crippen LogP contribution is -2.47. The van der Waals surface area contributed by atoms with Crippen LogP contribution in [0, 0.1) is 0 Å². The second kappa shape index (κ2) is 28.0. The molecule has 0 heterocycles. The van der Waals surface area contributed by atoms with Gasteiger partial charge in [0.2, 0.25) is 12.2 Å². The summed E-state index contributed by atoms with van der Waals surface area (Å²) >= 11 is 0. The van der Waals surface area contributed by atoms with Crippen LogP contribution in [0.15, 0.2) is 231 Å². The van der Waals surface area contributed by atoms with Crippen LogP contribution in [0.5, 0.6) is 23.0 Å². The summed E-state index contributed by atoms with van der Waals surface area (Å²) in [6.07, 6.45) is 0.767. The number of rotatable bonds is 25. The van der Waals surface area contributed by atoms with Crippen molar-refractivity contribution < 1.29 is 57.1 Å². The monoisotopic (exact) mass is 1010 g/mol. The van der Waals surface area contributed by atoms with E-state index in [1.807, 2.05) is 121 Å². The Labute approximate surface area is 441 Å². The van der Waals surface area contributed by atoms with E-state index >= 15 is 0 Å². The Kier molecular flexibility index (Phi) is 19.4. The van der Waals surface area contributed by atoms with Gasteiger partial charge in [-0.15, -0.1) is 0 Å². The van der Waals surface area contributed by atoms with Crippen molar-refractivity contribution in [1.29, 1.82) is 0 Å². The molecule has 0 aliphatic heterocycles. The third kappa shape index (κ3) is 16.7. The quantitative estimate of drug-likeness (QED) is 0.0305. The van der Waals surface area contributed by atoms with Gasteiger partial charge in [0.05, 0.1) is 0 Å². The van der Waals surface area contributed by atoms with E-state index in [2.05, 4.69) is 0 Å². The van der Waals surface area contributed by atoms with Gasteiger partial charge in [-0.1, -0.05) is 194 Å². The van der Waals surface area contributed by atoms with Crippen molar-refractivity contribution in [3.05, 3.63) is 275 Å². The van der Waals surface area contributed by atoms with E-state index in [0.29, 0.717) is 45.3 Å². The van der Waals surface area contributed by atoms with Crippen molar-refractivity contribution in [1.82, 2.24) is 0 Å². The van der Waals surface area contributed by atoms with Crippen LogP contribution >= 0.6 is 0 Å². The highest BCUT2D eigenvalue weighted by Crippen LogP contribution is 2.32. The SMILES string of the molecule is O=C(/C=C/c1ccc(OCc2ccccc2)c(OCc2ccccc2)c1)O[C@H](C(=O)OCc1ccccc1)[C@H](OC(=O)/C=C/c1ccc(OCc2ccccc2)c(OCc2ccccc2)c1)C(=O)OCc1ccccc1. The zero-order chi connectivity index (χ0) is 52.6. The fraction of sp³-hybridized carbons (Fsp3) is 0.125. The fourth-order valence-corrected chi connectivity index (χ4v) is 7.41. The van der Waals surface area contributed by atoms with Gasteiger partial charge in [0.25, 0.3) is 0 Å². The van der Waals surface area contributed by atoms with Crippen molar-refractivity contribution in [3.8, 4) is 23.0 Å². The summed E-state index contributed by atoms with van der Waals surface area (Å²) < 4.78 is 47.5. The van der Waals surface area contributed by atoms with Gasteiger partial charge < -0.3 is 37.9 Å². The predicted molar refractivity (Wildman–Crippen MR) is 286 cm³/mol. The molecule has 0 aromatic heterocycles. The van der Waals surface area contributed by atoms with Crippen LogP contribution in [0.2, 0.25) is 0 Å². The fourth-order valence-electron chi connectivity index (χ4n) is 7.41. The van der Waals surface area contributed by atoms with E-state index in [4.69, 9.17) is 37.9 Å². The lowest BCUT2D eigenvalue weighted by atomic mass is 10.1. The summed E-state index contributed by atoms with van der Waals surface area (Å²) in [5.41, 5.74) is 6.00. The Morgan fingerprint density at radius 1 is 0.316 bits per heavy atom. The van der Waals surface area contributed by atoms with Crippen molar-refractivity contribution in [3.63, 3.8) is 0 Å². The van der Waals surface area contributed by atoms with Gasteiger partial charge in [-0.3, -0.25) is 0 Å². The number of hydrogen-bond donors (Lipinski definition) is 0. The molecule has 0 N–H and O–H groups in total. The first-order valence-electron chi connectivity index (χ1n) is 24.4. The topological polar surface area (TPSA) is 142 Å². The molecule has 8 aromatic carbocycles. The normalized spacial score (nSPS) is 11.7. The first-order chi connectivity index (χ1) is 37.3. The van der Waals surface area contributed by atoms with Gasteiger partial charge in [0.1, 0.15) is 39.6 Å². The Morgan fingerprint density at radius 3 is 0.868 bits per heavy atom. The number of esters is 4. The van der Waals surface area contributed by atoms with Gasteiger partial charge in [0.15, 0.2) is 23.0 Å². The van der Waals surface area contributed by atoms with Crippen LogP contribution in [0.25, 0.3) is 12.2 Å². The van der Waals surface area contributed by atoms with E-state index in [9.17, 15) is 19.2 Å². The highest BCUT2D eigenvalue weighted by molar-refractivity contribution is 5.94. The molecular weight excluding hydrogens is 961 g/mol. The predicted octanol–water partition coefficient (Wildman–Crippen LogP) is 12.0. The minimum atomic E-state index is -2.13. The smallest absolute Gasteiger partial charge is 0.352 e. The summed E-state index contributed by atoms with van der Waals surface area (Å²) in [7, 11) is 0. The van der Waals surface area contributed by atoms with Gasteiger partial charge in [-0.05, 0) is 80.9 Å². The van der Waals surface area contributed by atoms with Gasteiger partial charge in [-0.25, -0.2) is 19.2 Å². The average molecular weight is 1020 g/mol. The summed E-state index contributed by atoms with van der Waals surface area (Å²) in [6.45, 7) is 0.525. The number of hydrogen-bond acceptors (Lipinski definition) is 12. The minimum Gasteiger partial charge on any atom is -0.485 e. The first kappa shape index (κ1) is 52.6. The highest BCUT2D eigenvalue weighted by atomic mass is 16.6. The van der Waals surface area contributed by atoms with Gasteiger partial charge in [0, 0.05) is 12.2 Å². The molecule has 12 heteroatoms. The Morgan fingerprint density at radius 2 is 0.579 bits per heavy atom. The van der Waals surface area contributed by atoms with Crippen molar-refractivity contribution in [2.45, 2.75) is 51.8 Å². The molecule has 382 valence electrons. The number of carbonyl (C=O) groups is 4. The van der Waals surface area contributed by atoms with Gasteiger partial charge in [-0.2, -0.15) is 0 Å². The van der Waals surface area contributed by atoms with Crippen molar-refractivity contribution in [2.75, 3.05) is 0 Å². The average Bonchev–Trinajstić information content (AvgIpc) is 3.47. The van der Waals surface area contributed by atoms with E-state index in [1.54, 1.807) is 97.1 Å². The van der Waals surface area contributed by atoms with Crippen molar-refractivity contribution in [2.24, 2.45) is 0 Å². The highest BCUT2D eigenvalue weighted by Gasteiger charge is 2.42. The molecule has 0 fully saturated rings. The van der Waals surface area contributed by atoms with Crippen molar-refractivity contribution >= 4 is 36.0 Å². The van der Waals surface area contributed by atoms with E-state index in [1.165, 1.54) is 12.2 Å². The maximum atomic E-state index is 14.1. The molecule has 0 aliphatic carbocycles. The van der Waals surface area contributed by atoms with Crippen LogP contribution < -0.4 is 18.9 Å². The molecular formula is C64H54O12. The first-order valence-corrected chi connectivity index (χ1v) is 24.4. The van der Waals surface area contributed by atoms with Gasteiger partial charge >= 0.3 is 23.9 Å². The van der Waals surface area contributed by atoms with E-state index < -0.39 is 36.1 Å². The van der Waals surface area contributed by atoms with Crippen LogP contribution in [-0.4, -0.2) is 36.1 Å². The standard InChI is InChI=1S/C64H54O12/c65-59(37-33-47-31-35-55(69-41-49-19-7-1-8-20-49)57(39-47)71-43-51-23-11-3-12-24-51)75-61(63(67)73-45-53-27-15-5-16-28-53)62(64(68)74-46-54-29-17-6-18-30-54)76-60(66)38-34-48-32-36-56(70-42-50-21-9-2-10-22-50)58(40-48)72-44-52-25-13-4-14-26-52/h1-40,61-62H,41-46H2/b37-33+,38-34+/t61-,62-/m0/s1. The van der Waals surface area contributed by atoms with Crippen LogP contribution in [0.4, 0.5) is 0 Å². The summed E-state index contributed by atoms with van der Waals surface area (Å²) in [4.78, 5) is 56.0. The lowest BCUT2D eigenvalue weighted by Gasteiger charge is -2.23. The molecule has 76 heavy (non-hydrogen) atoms. The number of carbonyl (C=O) groups excluding carboxylic acids is 4. The van der Waals surface area contributed by atoms with Crippen LogP contribution in [0.3, 0.4) is 0 Å². The Hall–Kier alpha value is -9.68. The molecule has 2 atom stereocenters. The third-order valence-corrected chi connectivity index (χ3v) is 11.4. The summed E-state index contributed by atoms with van der Waals surface area (Å²) in [6, 6.07) is 66.3. The summed E-state index contributed by atoms with van der Waals surface area (Å²) in [5, 5.41) is 0. The number of benzene rings is 8. The van der Waals surface area contributed by atoms with E-state index in [-0.39, 0.29) is 39.6 Å². The maximum Gasteiger partial charge on any atom is 0.352 e. The maximum absolute atomic E-state index is 14.1. The molecule has 0 saturated carbocycles. The minimum absolute atomic E-state index is 0.237. The molecule has 0 spiro atoms. The van der Waals surface area contributed by atoms with E-state index in [0.717, 1.165) is 34.4 Å². The molecule has 0 amide bonds. The molecule has 0 radical (unpaired) electrons. The second-order valence-electron chi connectivity index (χ2n) is 17.1. The Balaban J connectivity index is 1.04.